The molecule has 40 heavy (non-hydrogen) atoms. The minimum absolute atomic E-state index is 0.0217. The van der Waals surface area contributed by atoms with Crippen molar-refractivity contribution >= 4 is 28.2 Å². The van der Waals surface area contributed by atoms with Crippen LogP contribution in [0, 0.1) is 0 Å². The van der Waals surface area contributed by atoms with E-state index in [-0.39, 0.29) is 11.9 Å². The molecule has 0 bridgehead atoms. The Balaban J connectivity index is 1.27. The predicted molar refractivity (Wildman–Crippen MR) is 160 cm³/mol. The van der Waals surface area contributed by atoms with Gasteiger partial charge in [-0.05, 0) is 63.2 Å². The van der Waals surface area contributed by atoms with Crippen LogP contribution in [0.2, 0.25) is 0 Å². The summed E-state index contributed by atoms with van der Waals surface area (Å²) >= 11 is 0. The van der Waals surface area contributed by atoms with Gasteiger partial charge < -0.3 is 24.3 Å². The van der Waals surface area contributed by atoms with Crippen LogP contribution in [0.3, 0.4) is 0 Å². The van der Waals surface area contributed by atoms with E-state index in [0.29, 0.717) is 24.7 Å². The summed E-state index contributed by atoms with van der Waals surface area (Å²) in [5.74, 6) is 0.949. The van der Waals surface area contributed by atoms with Crippen molar-refractivity contribution in [2.45, 2.75) is 56.8 Å². The van der Waals surface area contributed by atoms with Crippen molar-refractivity contribution < 1.29 is 9.53 Å². The van der Waals surface area contributed by atoms with Crippen LogP contribution in [0.5, 0.6) is 6.01 Å². The first-order valence-corrected chi connectivity index (χ1v) is 14.5. The molecule has 0 spiro atoms. The van der Waals surface area contributed by atoms with Crippen LogP contribution in [0.4, 0.5) is 11.5 Å². The minimum atomic E-state index is -0.0217. The molecule has 0 N–H and O–H groups in total. The van der Waals surface area contributed by atoms with Gasteiger partial charge in [0.25, 0.3) is 0 Å². The number of aromatic nitrogens is 2. The van der Waals surface area contributed by atoms with Gasteiger partial charge in [-0.1, -0.05) is 43.0 Å². The normalized spacial score (nSPS) is 22.5. The molecule has 2 aliphatic heterocycles. The van der Waals surface area contributed by atoms with Crippen molar-refractivity contribution in [3.05, 3.63) is 66.4 Å². The third-order valence-electron chi connectivity index (χ3n) is 9.25. The molecule has 6 rings (SSSR count). The highest BCUT2D eigenvalue weighted by Gasteiger charge is 2.38. The van der Waals surface area contributed by atoms with Crippen molar-refractivity contribution in [1.29, 1.82) is 0 Å². The number of hydrogen-bond donors (Lipinski definition) is 0. The maximum Gasteiger partial charge on any atom is 0.318 e. The number of carbonyl (C=O) groups excluding carboxylic acids is 1. The number of rotatable bonds is 8. The highest BCUT2D eigenvalue weighted by molar-refractivity contribution is 5.94. The van der Waals surface area contributed by atoms with E-state index < -0.39 is 0 Å². The van der Waals surface area contributed by atoms with E-state index in [9.17, 15) is 4.79 Å². The molecule has 1 atom stereocenters. The second-order valence-electron chi connectivity index (χ2n) is 11.6. The molecule has 0 radical (unpaired) electrons. The molecule has 3 heterocycles. The van der Waals surface area contributed by atoms with E-state index >= 15 is 0 Å². The molecule has 8 nitrogen and oxygen atoms in total. The molecule has 1 aliphatic carbocycles. The van der Waals surface area contributed by atoms with Crippen LogP contribution in [-0.4, -0.2) is 84.6 Å². The molecule has 3 aromatic rings. The number of hydrogen-bond acceptors (Lipinski definition) is 7. The van der Waals surface area contributed by atoms with E-state index in [2.05, 4.69) is 77.8 Å². The largest absolute Gasteiger partial charge is 0.462 e. The summed E-state index contributed by atoms with van der Waals surface area (Å²) < 4.78 is 6.29. The second-order valence-corrected chi connectivity index (χ2v) is 11.6. The number of likely N-dealkylation sites (N-methyl/N-ethyl adjacent to an activating group) is 2. The lowest BCUT2D eigenvalue weighted by atomic mass is 9.84. The summed E-state index contributed by atoms with van der Waals surface area (Å²) in [5.41, 5.74) is 3.49. The van der Waals surface area contributed by atoms with Crippen LogP contribution >= 0.6 is 0 Å². The average Bonchev–Trinajstić information content (AvgIpc) is 3.37. The SMILES string of the molecule is C=CC(=O)N(C)C1CC(N(C)c2nc(OC[C@@H]3CCCN3C)nc3c2CCN(c2cccc4ccccc24)C3)C1. The van der Waals surface area contributed by atoms with Gasteiger partial charge in [0.05, 0.1) is 12.2 Å². The molecule has 210 valence electrons. The lowest BCUT2D eigenvalue weighted by Crippen LogP contribution is -2.53. The third-order valence-corrected chi connectivity index (χ3v) is 9.25. The monoisotopic (exact) mass is 540 g/mol. The number of carbonyl (C=O) groups is 1. The van der Waals surface area contributed by atoms with Crippen LogP contribution in [0.15, 0.2) is 55.1 Å². The zero-order valence-electron chi connectivity index (χ0n) is 23.9. The summed E-state index contributed by atoms with van der Waals surface area (Å²) in [6.45, 7) is 6.97. The number of nitrogens with zero attached hydrogens (tertiary/aromatic N) is 6. The minimum Gasteiger partial charge on any atom is -0.462 e. The fraction of sp³-hybridized carbons (Fsp3) is 0.469. The lowest BCUT2D eigenvalue weighted by Gasteiger charge is -2.46. The first-order chi connectivity index (χ1) is 19.4. The fourth-order valence-electron chi connectivity index (χ4n) is 6.48. The van der Waals surface area contributed by atoms with Gasteiger partial charge in [0.1, 0.15) is 12.4 Å². The van der Waals surface area contributed by atoms with Crippen molar-refractivity contribution in [2.75, 3.05) is 50.6 Å². The Morgan fingerprint density at radius 1 is 1.10 bits per heavy atom. The molecule has 2 aromatic carbocycles. The van der Waals surface area contributed by atoms with Gasteiger partial charge >= 0.3 is 6.01 Å². The molecule has 3 aliphatic rings. The third kappa shape index (κ3) is 5.01. The Bertz CT molecular complexity index is 1400. The number of benzene rings is 2. The first kappa shape index (κ1) is 26.6. The van der Waals surface area contributed by atoms with Crippen molar-refractivity contribution in [3.8, 4) is 6.01 Å². The Hall–Kier alpha value is -3.65. The zero-order valence-corrected chi connectivity index (χ0v) is 23.9. The van der Waals surface area contributed by atoms with Gasteiger partial charge in [0, 0.05) is 55.4 Å². The van der Waals surface area contributed by atoms with Gasteiger partial charge in [-0.3, -0.25) is 4.79 Å². The Morgan fingerprint density at radius 3 is 2.67 bits per heavy atom. The topological polar surface area (TPSA) is 65.0 Å². The van der Waals surface area contributed by atoms with Gasteiger partial charge in [-0.2, -0.15) is 9.97 Å². The number of likely N-dealkylation sites (tertiary alicyclic amines) is 1. The van der Waals surface area contributed by atoms with Gasteiger partial charge in [-0.15, -0.1) is 0 Å². The molecule has 2 fully saturated rings. The maximum absolute atomic E-state index is 12.1. The molecule has 1 saturated heterocycles. The highest BCUT2D eigenvalue weighted by Crippen LogP contribution is 2.37. The molecular formula is C32H40N6O2. The van der Waals surface area contributed by atoms with Gasteiger partial charge in [0.2, 0.25) is 5.91 Å². The standard InChI is InChI=1S/C32H40N6O2/c1-5-30(39)36(3)24-18-25(19-24)37(4)31-27-15-17-38(29-14-8-11-22-10-6-7-13-26(22)29)20-28(27)33-32(34-31)40-21-23-12-9-16-35(23)2/h5-8,10-11,13-14,23-25H,1,9,12,15-21H2,2-4H3/t23-,24?,25?/m0/s1. The summed E-state index contributed by atoms with van der Waals surface area (Å²) in [4.78, 5) is 31.0. The summed E-state index contributed by atoms with van der Waals surface area (Å²) in [6.07, 6.45) is 6.44. The predicted octanol–water partition coefficient (Wildman–Crippen LogP) is 4.28. The van der Waals surface area contributed by atoms with E-state index in [1.807, 2.05) is 11.9 Å². The maximum atomic E-state index is 12.1. The fourth-order valence-corrected chi connectivity index (χ4v) is 6.48. The van der Waals surface area contributed by atoms with E-state index in [1.54, 1.807) is 0 Å². The van der Waals surface area contributed by atoms with Crippen LogP contribution in [0.25, 0.3) is 10.8 Å². The zero-order chi connectivity index (χ0) is 27.8. The first-order valence-electron chi connectivity index (χ1n) is 14.5. The summed E-state index contributed by atoms with van der Waals surface area (Å²) in [7, 11) is 6.16. The van der Waals surface area contributed by atoms with E-state index in [4.69, 9.17) is 14.7 Å². The molecule has 1 aromatic heterocycles. The number of fused-ring (bicyclic) bond motifs is 2. The Morgan fingerprint density at radius 2 is 1.90 bits per heavy atom. The average molecular weight is 541 g/mol. The van der Waals surface area contributed by atoms with Crippen LogP contribution in [-0.2, 0) is 17.8 Å². The van der Waals surface area contributed by atoms with E-state index in [1.165, 1.54) is 34.5 Å². The molecule has 0 unspecified atom stereocenters. The van der Waals surface area contributed by atoms with Crippen LogP contribution < -0.4 is 14.5 Å². The molecule has 1 amide bonds. The van der Waals surface area contributed by atoms with Crippen molar-refractivity contribution in [2.24, 2.45) is 0 Å². The highest BCUT2D eigenvalue weighted by atomic mass is 16.5. The number of amides is 1. The van der Waals surface area contributed by atoms with Crippen LogP contribution in [0.1, 0.15) is 36.9 Å². The Labute approximate surface area is 237 Å². The molecule has 1 saturated carbocycles. The number of ether oxygens (including phenoxy) is 1. The van der Waals surface area contributed by atoms with Crippen molar-refractivity contribution in [1.82, 2.24) is 19.8 Å². The quantitative estimate of drug-likeness (QED) is 0.395. The summed E-state index contributed by atoms with van der Waals surface area (Å²) in [6, 6.07) is 16.5. The molecular weight excluding hydrogens is 500 g/mol. The van der Waals surface area contributed by atoms with Gasteiger partial charge in [-0.25, -0.2) is 0 Å². The summed E-state index contributed by atoms with van der Waals surface area (Å²) in [5, 5.41) is 2.51. The molecule has 8 heteroatoms. The van der Waals surface area contributed by atoms with Gasteiger partial charge in [0.15, 0.2) is 0 Å². The lowest BCUT2D eigenvalue weighted by molar-refractivity contribution is -0.128. The smallest absolute Gasteiger partial charge is 0.318 e. The number of anilines is 2. The van der Waals surface area contributed by atoms with E-state index in [0.717, 1.165) is 56.8 Å². The van der Waals surface area contributed by atoms with Crippen molar-refractivity contribution in [3.63, 3.8) is 0 Å². The Kier molecular flexibility index (Phi) is 7.36. The second kappa shape index (κ2) is 11.1.